The van der Waals surface area contributed by atoms with Crippen LogP contribution in [0.15, 0.2) is 68.7 Å². The molecule has 0 radical (unpaired) electrons. The van der Waals surface area contributed by atoms with Gasteiger partial charge >= 0.3 is 5.76 Å². The molecule has 3 heterocycles. The summed E-state index contributed by atoms with van der Waals surface area (Å²) in [6.45, 7) is 1.68. The number of H-pyrrole nitrogens is 1. The molecule has 0 aliphatic carbocycles. The standard InChI is InChI=1S/C24H25N3O5S/c28-23(26-13-10-18(11-14-26)17-5-2-1-3-6-17)19-7-4-12-27(16-19)33(30,31)20-8-9-21-22(15-20)32-24(29)25-21/h1-3,5-6,8-10,15,19H,4,7,11-14,16H2,(H,25,29)/t19-/m0/s1. The van der Waals surface area contributed by atoms with E-state index in [1.165, 1.54) is 33.6 Å². The number of nitrogens with one attached hydrogen (secondary N) is 1. The van der Waals surface area contributed by atoms with Gasteiger partial charge in [-0.2, -0.15) is 4.31 Å². The third-order valence-corrected chi connectivity index (χ3v) is 8.29. The van der Waals surface area contributed by atoms with Crippen LogP contribution >= 0.6 is 0 Å². The highest BCUT2D eigenvalue weighted by atomic mass is 32.2. The highest BCUT2D eigenvalue weighted by Crippen LogP contribution is 2.28. The van der Waals surface area contributed by atoms with Crippen molar-refractivity contribution in [3.05, 3.63) is 70.7 Å². The summed E-state index contributed by atoms with van der Waals surface area (Å²) in [5, 5.41) is 0. The number of sulfonamides is 1. The number of piperidine rings is 1. The highest BCUT2D eigenvalue weighted by molar-refractivity contribution is 7.89. The van der Waals surface area contributed by atoms with Gasteiger partial charge < -0.3 is 9.32 Å². The molecule has 1 N–H and O–H groups in total. The molecule has 0 saturated carbocycles. The van der Waals surface area contributed by atoms with Crippen LogP contribution in [0.1, 0.15) is 24.8 Å². The molecule has 1 atom stereocenters. The van der Waals surface area contributed by atoms with E-state index in [1.54, 1.807) is 0 Å². The number of hydrogen-bond acceptors (Lipinski definition) is 5. The summed E-state index contributed by atoms with van der Waals surface area (Å²) in [5.74, 6) is -0.992. The number of nitrogens with zero attached hydrogens (tertiary/aromatic N) is 2. The average Bonchev–Trinajstić information content (AvgIpc) is 3.23. The molecule has 0 spiro atoms. The first kappa shape index (κ1) is 21.7. The number of hydrogen-bond donors (Lipinski definition) is 1. The Balaban J connectivity index is 1.29. The lowest BCUT2D eigenvalue weighted by Gasteiger charge is -2.35. The third kappa shape index (κ3) is 4.26. The molecule has 1 aromatic heterocycles. The van der Waals surface area contributed by atoms with Gasteiger partial charge in [0.1, 0.15) is 0 Å². The fourth-order valence-electron chi connectivity index (χ4n) is 4.64. The predicted molar refractivity (Wildman–Crippen MR) is 124 cm³/mol. The van der Waals surface area contributed by atoms with Crippen LogP contribution in [0.2, 0.25) is 0 Å². The second kappa shape index (κ2) is 8.64. The normalized spacial score (nSPS) is 20.1. The van der Waals surface area contributed by atoms with Gasteiger partial charge in [-0.1, -0.05) is 36.4 Å². The maximum absolute atomic E-state index is 13.2. The molecule has 3 aromatic rings. The van der Waals surface area contributed by atoms with Gasteiger partial charge in [-0.25, -0.2) is 13.2 Å². The molecule has 2 aliphatic heterocycles. The SMILES string of the molecule is O=C([C@H]1CCCN(S(=O)(=O)c2ccc3[nH]c(=O)oc3c2)C1)N1CC=C(c2ccccc2)CC1. The molecule has 2 aliphatic rings. The van der Waals surface area contributed by atoms with Crippen LogP contribution < -0.4 is 5.76 Å². The number of aromatic amines is 1. The lowest BCUT2D eigenvalue weighted by Crippen LogP contribution is -2.47. The quantitative estimate of drug-likeness (QED) is 0.636. The van der Waals surface area contributed by atoms with E-state index in [2.05, 4.69) is 23.2 Å². The monoisotopic (exact) mass is 467 g/mol. The predicted octanol–water partition coefficient (Wildman–Crippen LogP) is 2.84. The van der Waals surface area contributed by atoms with E-state index in [0.29, 0.717) is 38.0 Å². The molecular formula is C24H25N3O5S. The first-order valence-corrected chi connectivity index (χ1v) is 12.5. The van der Waals surface area contributed by atoms with Gasteiger partial charge in [-0.05, 0) is 42.5 Å². The number of aromatic nitrogens is 1. The summed E-state index contributed by atoms with van der Waals surface area (Å²) in [5.41, 5.74) is 3.05. The fourth-order valence-corrected chi connectivity index (χ4v) is 6.18. The van der Waals surface area contributed by atoms with Crippen molar-refractivity contribution in [1.29, 1.82) is 0 Å². The summed E-state index contributed by atoms with van der Waals surface area (Å²) in [7, 11) is -3.81. The van der Waals surface area contributed by atoms with Crippen molar-refractivity contribution in [2.75, 3.05) is 26.2 Å². The van der Waals surface area contributed by atoms with Crippen molar-refractivity contribution < 1.29 is 17.6 Å². The Morgan fingerprint density at radius 3 is 2.67 bits per heavy atom. The molecule has 1 saturated heterocycles. The lowest BCUT2D eigenvalue weighted by atomic mass is 9.95. The minimum absolute atomic E-state index is 0.00495. The van der Waals surface area contributed by atoms with Crippen molar-refractivity contribution in [3.8, 4) is 0 Å². The van der Waals surface area contributed by atoms with Crippen LogP contribution in [-0.2, 0) is 14.8 Å². The van der Waals surface area contributed by atoms with E-state index < -0.39 is 15.8 Å². The van der Waals surface area contributed by atoms with Crippen LogP contribution in [0.25, 0.3) is 16.7 Å². The number of fused-ring (bicyclic) bond motifs is 1. The van der Waals surface area contributed by atoms with E-state index in [9.17, 15) is 18.0 Å². The summed E-state index contributed by atoms with van der Waals surface area (Å²) in [6, 6.07) is 14.5. The third-order valence-electron chi connectivity index (χ3n) is 6.43. The minimum atomic E-state index is -3.81. The molecule has 33 heavy (non-hydrogen) atoms. The van der Waals surface area contributed by atoms with E-state index >= 15 is 0 Å². The van der Waals surface area contributed by atoms with Crippen LogP contribution in [0.4, 0.5) is 0 Å². The molecule has 5 rings (SSSR count). The second-order valence-electron chi connectivity index (χ2n) is 8.50. The Kier molecular flexibility index (Phi) is 5.67. The average molecular weight is 468 g/mol. The van der Waals surface area contributed by atoms with Crippen molar-refractivity contribution in [3.63, 3.8) is 0 Å². The number of carbonyl (C=O) groups excluding carboxylic acids is 1. The van der Waals surface area contributed by atoms with Crippen LogP contribution in [0.5, 0.6) is 0 Å². The van der Waals surface area contributed by atoms with Crippen LogP contribution in [0, 0.1) is 5.92 Å². The van der Waals surface area contributed by atoms with Gasteiger partial charge in [0.05, 0.1) is 16.3 Å². The van der Waals surface area contributed by atoms with E-state index in [1.807, 2.05) is 23.1 Å². The molecule has 2 aromatic carbocycles. The van der Waals surface area contributed by atoms with Gasteiger partial charge in [0.2, 0.25) is 15.9 Å². The largest absolute Gasteiger partial charge is 0.417 e. The molecule has 1 fully saturated rings. The Hall–Kier alpha value is -3.17. The second-order valence-corrected chi connectivity index (χ2v) is 10.4. The van der Waals surface area contributed by atoms with Crippen LogP contribution in [-0.4, -0.2) is 54.7 Å². The highest BCUT2D eigenvalue weighted by Gasteiger charge is 2.35. The fraction of sp³-hybridized carbons (Fsp3) is 0.333. The lowest BCUT2D eigenvalue weighted by molar-refractivity contribution is -0.136. The molecule has 0 bridgehead atoms. The molecule has 1 amide bonds. The number of rotatable bonds is 4. The van der Waals surface area contributed by atoms with Crippen molar-refractivity contribution >= 4 is 32.6 Å². The summed E-state index contributed by atoms with van der Waals surface area (Å²) in [4.78, 5) is 29.0. The van der Waals surface area contributed by atoms with E-state index in [4.69, 9.17) is 4.42 Å². The van der Waals surface area contributed by atoms with Gasteiger partial charge in [-0.3, -0.25) is 9.78 Å². The topological polar surface area (TPSA) is 104 Å². The smallest absolute Gasteiger partial charge is 0.408 e. The summed E-state index contributed by atoms with van der Waals surface area (Å²) < 4.78 is 32.9. The maximum atomic E-state index is 13.2. The van der Waals surface area contributed by atoms with Gasteiger partial charge in [-0.15, -0.1) is 0 Å². The van der Waals surface area contributed by atoms with Gasteiger partial charge in [0.15, 0.2) is 5.58 Å². The zero-order chi connectivity index (χ0) is 23.0. The molecule has 8 nitrogen and oxygen atoms in total. The minimum Gasteiger partial charge on any atom is -0.408 e. The first-order chi connectivity index (χ1) is 15.9. The van der Waals surface area contributed by atoms with Crippen molar-refractivity contribution in [2.24, 2.45) is 5.92 Å². The number of amides is 1. The molecular weight excluding hydrogens is 442 g/mol. The number of carbonyl (C=O) groups is 1. The first-order valence-electron chi connectivity index (χ1n) is 11.1. The Labute approximate surface area is 191 Å². The Morgan fingerprint density at radius 2 is 1.91 bits per heavy atom. The van der Waals surface area contributed by atoms with Gasteiger partial charge in [0.25, 0.3) is 0 Å². The molecule has 0 unspecified atom stereocenters. The van der Waals surface area contributed by atoms with Crippen molar-refractivity contribution in [2.45, 2.75) is 24.2 Å². The number of benzene rings is 2. The van der Waals surface area contributed by atoms with Gasteiger partial charge in [0, 0.05) is 32.2 Å². The zero-order valence-corrected chi connectivity index (χ0v) is 18.9. The van der Waals surface area contributed by atoms with E-state index in [-0.39, 0.29) is 28.8 Å². The summed E-state index contributed by atoms with van der Waals surface area (Å²) in [6.07, 6.45) is 4.17. The van der Waals surface area contributed by atoms with Crippen molar-refractivity contribution in [1.82, 2.24) is 14.2 Å². The number of oxazole rings is 1. The molecule has 9 heteroatoms. The Morgan fingerprint density at radius 1 is 1.09 bits per heavy atom. The summed E-state index contributed by atoms with van der Waals surface area (Å²) >= 11 is 0. The Bertz CT molecular complexity index is 1370. The molecule has 172 valence electrons. The zero-order valence-electron chi connectivity index (χ0n) is 18.1. The maximum Gasteiger partial charge on any atom is 0.417 e. The van der Waals surface area contributed by atoms with E-state index in [0.717, 1.165) is 6.42 Å². The van der Waals surface area contributed by atoms with Crippen LogP contribution in [0.3, 0.4) is 0 Å².